The molecule has 0 aliphatic rings. The van der Waals surface area contributed by atoms with Gasteiger partial charge in [0.1, 0.15) is 0 Å². The van der Waals surface area contributed by atoms with Crippen LogP contribution < -0.4 is 4.72 Å². The number of nitrogens with one attached hydrogen (secondary N) is 1. The van der Waals surface area contributed by atoms with Gasteiger partial charge in [-0.3, -0.25) is 0 Å². The second-order valence-electron chi connectivity index (χ2n) is 4.59. The lowest BCUT2D eigenvalue weighted by molar-refractivity contribution is 0.198. The molecule has 0 amide bonds. The summed E-state index contributed by atoms with van der Waals surface area (Å²) < 4.78 is 26.3. The molecule has 1 atom stereocenters. The summed E-state index contributed by atoms with van der Waals surface area (Å²) in [4.78, 5) is 0.192. The molecule has 0 heterocycles. The van der Waals surface area contributed by atoms with Crippen LogP contribution in [-0.4, -0.2) is 26.2 Å². The first-order valence-electron chi connectivity index (χ1n) is 6.32. The largest absolute Gasteiger partial charge is 0.392 e. The van der Waals surface area contributed by atoms with Gasteiger partial charge in [-0.2, -0.15) is 0 Å². The van der Waals surface area contributed by atoms with E-state index in [2.05, 4.69) is 4.72 Å². The Kier molecular flexibility index (Phi) is 4.54. The number of rotatable bonds is 5. The van der Waals surface area contributed by atoms with Crippen LogP contribution in [0, 0.1) is 0 Å². The van der Waals surface area contributed by atoms with E-state index in [1.54, 1.807) is 24.3 Å². The van der Waals surface area contributed by atoms with Gasteiger partial charge in [0, 0.05) is 6.54 Å². The molecule has 0 unspecified atom stereocenters. The summed E-state index contributed by atoms with van der Waals surface area (Å²) >= 11 is 0. The monoisotopic (exact) mass is 291 g/mol. The summed E-state index contributed by atoms with van der Waals surface area (Å²) in [6, 6.07) is 16.4. The van der Waals surface area contributed by atoms with Crippen LogP contribution in [0.1, 0.15) is 6.92 Å². The van der Waals surface area contributed by atoms with E-state index in [1.807, 2.05) is 30.3 Å². The summed E-state index contributed by atoms with van der Waals surface area (Å²) in [5.41, 5.74) is 1.99. The van der Waals surface area contributed by atoms with Crippen LogP contribution in [0.25, 0.3) is 11.1 Å². The predicted molar refractivity (Wildman–Crippen MR) is 78.7 cm³/mol. The van der Waals surface area contributed by atoms with Crippen molar-refractivity contribution in [2.45, 2.75) is 17.9 Å². The van der Waals surface area contributed by atoms with Crippen LogP contribution >= 0.6 is 0 Å². The highest BCUT2D eigenvalue weighted by Crippen LogP contribution is 2.20. The van der Waals surface area contributed by atoms with Crippen molar-refractivity contribution in [1.29, 1.82) is 0 Å². The van der Waals surface area contributed by atoms with Crippen LogP contribution in [0.2, 0.25) is 0 Å². The van der Waals surface area contributed by atoms with Crippen LogP contribution in [0.5, 0.6) is 0 Å². The van der Waals surface area contributed by atoms with Crippen molar-refractivity contribution in [2.75, 3.05) is 6.54 Å². The van der Waals surface area contributed by atoms with Gasteiger partial charge in [0.25, 0.3) is 0 Å². The molecule has 20 heavy (non-hydrogen) atoms. The van der Waals surface area contributed by atoms with E-state index in [0.29, 0.717) is 0 Å². The van der Waals surface area contributed by atoms with Crippen LogP contribution in [-0.2, 0) is 10.0 Å². The zero-order chi connectivity index (χ0) is 14.6. The van der Waals surface area contributed by atoms with Gasteiger partial charge < -0.3 is 5.11 Å². The molecule has 0 radical (unpaired) electrons. The molecule has 5 heteroatoms. The molecular weight excluding hydrogens is 274 g/mol. The number of benzene rings is 2. The molecule has 0 aromatic heterocycles. The molecule has 2 aromatic carbocycles. The minimum Gasteiger partial charge on any atom is -0.392 e. The zero-order valence-corrected chi connectivity index (χ0v) is 12.0. The van der Waals surface area contributed by atoms with Crippen molar-refractivity contribution < 1.29 is 13.5 Å². The van der Waals surface area contributed by atoms with Gasteiger partial charge in [-0.1, -0.05) is 42.5 Å². The van der Waals surface area contributed by atoms with Gasteiger partial charge in [-0.25, -0.2) is 13.1 Å². The lowest BCUT2D eigenvalue weighted by Crippen LogP contribution is -2.30. The normalized spacial score (nSPS) is 13.1. The Labute approximate surface area is 119 Å². The van der Waals surface area contributed by atoms with Gasteiger partial charge in [0.05, 0.1) is 11.0 Å². The highest BCUT2D eigenvalue weighted by Gasteiger charge is 2.14. The molecule has 0 bridgehead atoms. The van der Waals surface area contributed by atoms with Crippen LogP contribution in [0.4, 0.5) is 0 Å². The van der Waals surface area contributed by atoms with E-state index in [9.17, 15) is 8.42 Å². The third-order valence-corrected chi connectivity index (χ3v) is 4.28. The Morgan fingerprint density at radius 3 is 2.10 bits per heavy atom. The fourth-order valence-corrected chi connectivity index (χ4v) is 2.89. The number of aliphatic hydroxyl groups excluding tert-OH is 1. The van der Waals surface area contributed by atoms with Gasteiger partial charge in [-0.05, 0) is 30.2 Å². The number of sulfonamides is 1. The molecule has 2 aromatic rings. The Balaban J connectivity index is 2.20. The number of aliphatic hydroxyl groups is 1. The molecule has 2 N–H and O–H groups in total. The Morgan fingerprint density at radius 2 is 1.55 bits per heavy atom. The maximum absolute atomic E-state index is 12.0. The topological polar surface area (TPSA) is 66.4 Å². The lowest BCUT2D eigenvalue weighted by Gasteiger charge is -2.09. The van der Waals surface area contributed by atoms with Crippen molar-refractivity contribution in [1.82, 2.24) is 4.72 Å². The minimum atomic E-state index is -3.56. The lowest BCUT2D eigenvalue weighted by atomic mass is 10.1. The second kappa shape index (κ2) is 6.17. The minimum absolute atomic E-state index is 0.00275. The average molecular weight is 291 g/mol. The predicted octanol–water partition coefficient (Wildman–Crippen LogP) is 2.01. The summed E-state index contributed by atoms with van der Waals surface area (Å²) in [5, 5.41) is 9.13. The number of hydrogen-bond acceptors (Lipinski definition) is 3. The van der Waals surface area contributed by atoms with Gasteiger partial charge in [0.15, 0.2) is 0 Å². The molecule has 2 rings (SSSR count). The fourth-order valence-electron chi connectivity index (χ4n) is 1.77. The van der Waals surface area contributed by atoms with Crippen molar-refractivity contribution in [3.05, 3.63) is 54.6 Å². The molecule has 0 aliphatic heterocycles. The zero-order valence-electron chi connectivity index (χ0n) is 11.2. The summed E-state index contributed by atoms with van der Waals surface area (Å²) in [5.74, 6) is 0. The first kappa shape index (κ1) is 14.7. The third-order valence-electron chi connectivity index (χ3n) is 2.84. The molecule has 106 valence electrons. The molecule has 0 saturated carbocycles. The highest BCUT2D eigenvalue weighted by atomic mass is 32.2. The van der Waals surface area contributed by atoms with Gasteiger partial charge in [0.2, 0.25) is 10.0 Å². The second-order valence-corrected chi connectivity index (χ2v) is 6.36. The standard InChI is InChI=1S/C15H17NO3S/c1-12(17)11-16-20(18,19)15-9-7-14(8-10-15)13-5-3-2-4-6-13/h2-10,12,16-17H,11H2,1H3/t12-/m1/s1. The van der Waals surface area contributed by atoms with Gasteiger partial charge >= 0.3 is 0 Å². The van der Waals surface area contributed by atoms with Crippen molar-refractivity contribution in [3.63, 3.8) is 0 Å². The Hall–Kier alpha value is -1.69. The molecule has 0 fully saturated rings. The van der Waals surface area contributed by atoms with E-state index in [4.69, 9.17) is 5.11 Å². The summed E-state index contributed by atoms with van der Waals surface area (Å²) in [7, 11) is -3.56. The first-order valence-corrected chi connectivity index (χ1v) is 7.80. The highest BCUT2D eigenvalue weighted by molar-refractivity contribution is 7.89. The average Bonchev–Trinajstić information content (AvgIpc) is 2.46. The Morgan fingerprint density at radius 1 is 1.00 bits per heavy atom. The fraction of sp³-hybridized carbons (Fsp3) is 0.200. The van der Waals surface area contributed by atoms with E-state index >= 15 is 0 Å². The maximum Gasteiger partial charge on any atom is 0.240 e. The first-order chi connectivity index (χ1) is 9.49. The van der Waals surface area contributed by atoms with Crippen LogP contribution in [0.15, 0.2) is 59.5 Å². The molecule has 4 nitrogen and oxygen atoms in total. The van der Waals surface area contributed by atoms with Gasteiger partial charge in [-0.15, -0.1) is 0 Å². The van der Waals surface area contributed by atoms with Crippen molar-refractivity contribution in [2.24, 2.45) is 0 Å². The van der Waals surface area contributed by atoms with Crippen molar-refractivity contribution in [3.8, 4) is 11.1 Å². The smallest absolute Gasteiger partial charge is 0.240 e. The summed E-state index contributed by atoms with van der Waals surface area (Å²) in [6.07, 6.45) is -0.714. The van der Waals surface area contributed by atoms with E-state index in [0.717, 1.165) is 11.1 Å². The molecule has 0 saturated heterocycles. The Bertz CT molecular complexity index is 649. The van der Waals surface area contributed by atoms with Crippen molar-refractivity contribution >= 4 is 10.0 Å². The molecule has 0 aliphatic carbocycles. The SMILES string of the molecule is C[C@@H](O)CNS(=O)(=O)c1ccc(-c2ccccc2)cc1. The maximum atomic E-state index is 12.0. The number of hydrogen-bond donors (Lipinski definition) is 2. The molecular formula is C15H17NO3S. The third kappa shape index (κ3) is 3.66. The van der Waals surface area contributed by atoms with E-state index < -0.39 is 16.1 Å². The van der Waals surface area contributed by atoms with E-state index in [-0.39, 0.29) is 11.4 Å². The van der Waals surface area contributed by atoms with E-state index in [1.165, 1.54) is 6.92 Å². The molecule has 0 spiro atoms. The quantitative estimate of drug-likeness (QED) is 0.885. The van der Waals surface area contributed by atoms with Crippen LogP contribution in [0.3, 0.4) is 0 Å². The summed E-state index contributed by atoms with van der Waals surface area (Å²) in [6.45, 7) is 1.53.